The Kier molecular flexibility index (Phi) is 5.82. The Morgan fingerprint density at radius 2 is 2.07 bits per heavy atom. The number of nitrogens with one attached hydrogen (secondary N) is 1. The van der Waals surface area contributed by atoms with E-state index in [0.717, 1.165) is 0 Å². The number of primary amides is 1. The molecule has 5 N–H and O–H groups in total. The van der Waals surface area contributed by atoms with Gasteiger partial charge in [0.05, 0.1) is 6.61 Å². The summed E-state index contributed by atoms with van der Waals surface area (Å²) in [5.41, 5.74) is 10.4. The lowest BCUT2D eigenvalue weighted by Crippen LogP contribution is -2.47. The van der Waals surface area contributed by atoms with Crippen LogP contribution < -0.4 is 16.8 Å². The molecule has 6 heteroatoms. The number of carbonyl (C=O) groups is 2. The second kappa shape index (κ2) is 6.33. The molecule has 2 amide bonds. The minimum atomic E-state index is -0.713. The molecular weight excluding hydrogens is 186 g/mol. The van der Waals surface area contributed by atoms with Gasteiger partial charge in [0, 0.05) is 19.6 Å². The fourth-order valence-corrected chi connectivity index (χ4v) is 0.958. The summed E-state index contributed by atoms with van der Waals surface area (Å²) in [7, 11) is 1.46. The van der Waals surface area contributed by atoms with Crippen LogP contribution in [0.2, 0.25) is 0 Å². The Balaban J connectivity index is 3.86. The minimum absolute atomic E-state index is 0.103. The normalized spacial score (nSPS) is 14.5. The van der Waals surface area contributed by atoms with Crippen molar-refractivity contribution < 1.29 is 14.3 Å². The van der Waals surface area contributed by atoms with Crippen LogP contribution in [0, 0.1) is 0 Å². The summed E-state index contributed by atoms with van der Waals surface area (Å²) in [4.78, 5) is 21.8. The molecule has 0 saturated heterocycles. The Morgan fingerprint density at radius 3 is 2.50 bits per heavy atom. The molecule has 0 fully saturated rings. The largest absolute Gasteiger partial charge is 0.383 e. The van der Waals surface area contributed by atoms with E-state index in [4.69, 9.17) is 16.2 Å². The molecule has 0 aromatic carbocycles. The third kappa shape index (κ3) is 5.50. The lowest BCUT2D eigenvalue weighted by Gasteiger charge is -2.15. The summed E-state index contributed by atoms with van der Waals surface area (Å²) >= 11 is 0. The highest BCUT2D eigenvalue weighted by atomic mass is 16.5. The predicted octanol–water partition coefficient (Wildman–Crippen LogP) is -1.66. The van der Waals surface area contributed by atoms with Crippen LogP contribution in [0.15, 0.2) is 0 Å². The lowest BCUT2D eigenvalue weighted by atomic mass is 10.2. The fraction of sp³-hybridized carbons (Fsp3) is 0.750. The first kappa shape index (κ1) is 12.9. The summed E-state index contributed by atoms with van der Waals surface area (Å²) in [5, 5.41) is 2.55. The molecule has 0 aliphatic heterocycles. The smallest absolute Gasteiger partial charge is 0.239 e. The SMILES string of the molecule is COCC(N)C(=O)NC(C)CC(N)=O. The molecule has 0 radical (unpaired) electrons. The molecule has 0 aliphatic rings. The van der Waals surface area contributed by atoms with Gasteiger partial charge in [-0.25, -0.2) is 0 Å². The van der Waals surface area contributed by atoms with E-state index < -0.39 is 11.9 Å². The van der Waals surface area contributed by atoms with E-state index in [0.29, 0.717) is 0 Å². The molecular formula is C8H17N3O3. The molecule has 0 bridgehead atoms. The molecule has 0 spiro atoms. The van der Waals surface area contributed by atoms with Crippen molar-refractivity contribution in [3.8, 4) is 0 Å². The quantitative estimate of drug-likeness (QED) is 0.480. The zero-order valence-corrected chi connectivity index (χ0v) is 8.45. The predicted molar refractivity (Wildman–Crippen MR) is 51.3 cm³/mol. The average molecular weight is 203 g/mol. The molecule has 0 aliphatic carbocycles. The summed E-state index contributed by atoms with van der Waals surface area (Å²) in [5.74, 6) is -0.807. The molecule has 2 unspecified atom stereocenters. The van der Waals surface area contributed by atoms with Crippen LogP contribution in [-0.2, 0) is 14.3 Å². The van der Waals surface area contributed by atoms with E-state index in [2.05, 4.69) is 5.32 Å². The van der Waals surface area contributed by atoms with Gasteiger partial charge in [0.25, 0.3) is 0 Å². The molecule has 0 aromatic rings. The number of ether oxygens (including phenoxy) is 1. The van der Waals surface area contributed by atoms with Crippen molar-refractivity contribution in [1.82, 2.24) is 5.32 Å². The van der Waals surface area contributed by atoms with Crippen molar-refractivity contribution in [1.29, 1.82) is 0 Å². The van der Waals surface area contributed by atoms with Gasteiger partial charge in [-0.3, -0.25) is 9.59 Å². The molecule has 0 aromatic heterocycles. The fourth-order valence-electron chi connectivity index (χ4n) is 0.958. The van der Waals surface area contributed by atoms with Gasteiger partial charge in [0.15, 0.2) is 0 Å². The number of nitrogens with two attached hydrogens (primary N) is 2. The van der Waals surface area contributed by atoms with Crippen LogP contribution in [0.4, 0.5) is 0 Å². The first-order valence-electron chi connectivity index (χ1n) is 4.30. The number of carbonyl (C=O) groups excluding carboxylic acids is 2. The maximum Gasteiger partial charge on any atom is 0.239 e. The summed E-state index contributed by atoms with van der Waals surface area (Å²) in [6.45, 7) is 1.83. The second-order valence-electron chi connectivity index (χ2n) is 3.14. The van der Waals surface area contributed by atoms with Gasteiger partial charge in [-0.1, -0.05) is 0 Å². The topological polar surface area (TPSA) is 107 Å². The first-order valence-corrected chi connectivity index (χ1v) is 4.30. The van der Waals surface area contributed by atoms with Crippen molar-refractivity contribution in [3.05, 3.63) is 0 Å². The Hall–Kier alpha value is -1.14. The van der Waals surface area contributed by atoms with Crippen LogP contribution in [0.1, 0.15) is 13.3 Å². The van der Waals surface area contributed by atoms with Crippen molar-refractivity contribution in [2.75, 3.05) is 13.7 Å². The highest BCUT2D eigenvalue weighted by molar-refractivity contribution is 5.82. The molecule has 0 saturated carbocycles. The Bertz CT molecular complexity index is 208. The molecule has 6 nitrogen and oxygen atoms in total. The number of hydrogen-bond donors (Lipinski definition) is 3. The lowest BCUT2D eigenvalue weighted by molar-refractivity contribution is -0.124. The van der Waals surface area contributed by atoms with Gasteiger partial charge in [0.2, 0.25) is 11.8 Å². The van der Waals surface area contributed by atoms with Crippen molar-refractivity contribution in [3.63, 3.8) is 0 Å². The van der Waals surface area contributed by atoms with Gasteiger partial charge < -0.3 is 21.5 Å². The highest BCUT2D eigenvalue weighted by Crippen LogP contribution is 1.90. The Morgan fingerprint density at radius 1 is 1.50 bits per heavy atom. The van der Waals surface area contributed by atoms with E-state index in [9.17, 15) is 9.59 Å². The van der Waals surface area contributed by atoms with Crippen LogP contribution in [0.3, 0.4) is 0 Å². The summed E-state index contributed by atoms with van der Waals surface area (Å²) in [6, 6.07) is -1.02. The third-order valence-corrected chi connectivity index (χ3v) is 1.58. The van der Waals surface area contributed by atoms with Crippen LogP contribution in [0.5, 0.6) is 0 Å². The zero-order chi connectivity index (χ0) is 11.1. The molecule has 14 heavy (non-hydrogen) atoms. The summed E-state index contributed by atoms with van der Waals surface area (Å²) in [6.07, 6.45) is 0.103. The van der Waals surface area contributed by atoms with Gasteiger partial charge in [-0.2, -0.15) is 0 Å². The van der Waals surface area contributed by atoms with E-state index in [1.807, 2.05) is 0 Å². The third-order valence-electron chi connectivity index (χ3n) is 1.58. The monoisotopic (exact) mass is 203 g/mol. The second-order valence-corrected chi connectivity index (χ2v) is 3.14. The number of rotatable bonds is 6. The highest BCUT2D eigenvalue weighted by Gasteiger charge is 2.16. The van der Waals surface area contributed by atoms with Crippen molar-refractivity contribution in [2.45, 2.75) is 25.4 Å². The van der Waals surface area contributed by atoms with E-state index in [1.54, 1.807) is 6.92 Å². The van der Waals surface area contributed by atoms with Gasteiger partial charge in [-0.05, 0) is 6.92 Å². The molecule has 2 atom stereocenters. The first-order chi connectivity index (χ1) is 6.47. The van der Waals surface area contributed by atoms with Crippen molar-refractivity contribution in [2.24, 2.45) is 11.5 Å². The zero-order valence-electron chi connectivity index (χ0n) is 8.45. The number of hydrogen-bond acceptors (Lipinski definition) is 4. The van der Waals surface area contributed by atoms with Crippen molar-refractivity contribution >= 4 is 11.8 Å². The van der Waals surface area contributed by atoms with Gasteiger partial charge >= 0.3 is 0 Å². The van der Waals surface area contributed by atoms with E-state index in [-0.39, 0.29) is 25.0 Å². The number of amides is 2. The van der Waals surface area contributed by atoms with E-state index in [1.165, 1.54) is 7.11 Å². The summed E-state index contributed by atoms with van der Waals surface area (Å²) < 4.78 is 4.71. The average Bonchev–Trinajstić information content (AvgIpc) is 2.02. The molecule has 0 heterocycles. The molecule has 82 valence electrons. The van der Waals surface area contributed by atoms with Crippen LogP contribution in [0.25, 0.3) is 0 Å². The van der Waals surface area contributed by atoms with E-state index >= 15 is 0 Å². The van der Waals surface area contributed by atoms with Gasteiger partial charge in [-0.15, -0.1) is 0 Å². The maximum absolute atomic E-state index is 11.3. The Labute approximate surface area is 83.0 Å². The maximum atomic E-state index is 11.3. The van der Waals surface area contributed by atoms with Gasteiger partial charge in [0.1, 0.15) is 6.04 Å². The minimum Gasteiger partial charge on any atom is -0.383 e. The standard InChI is InChI=1S/C8H17N3O3/c1-5(3-7(10)12)11-8(13)6(9)4-14-2/h5-6H,3-4,9H2,1-2H3,(H2,10,12)(H,11,13). The molecule has 0 rings (SSSR count). The van der Waals surface area contributed by atoms with Crippen LogP contribution in [-0.4, -0.2) is 37.6 Å². The van der Waals surface area contributed by atoms with Crippen LogP contribution >= 0.6 is 0 Å². The number of methoxy groups -OCH3 is 1.